The Labute approximate surface area is 136 Å². The molecule has 2 N–H and O–H groups in total. The Morgan fingerprint density at radius 1 is 0.955 bits per heavy atom. The van der Waals surface area contributed by atoms with Crippen LogP contribution in [-0.2, 0) is 4.79 Å². The maximum Gasteiger partial charge on any atom is 0.336 e. The van der Waals surface area contributed by atoms with Crippen molar-refractivity contribution in [2.45, 2.75) is 0 Å². The zero-order valence-corrected chi connectivity index (χ0v) is 12.6. The van der Waals surface area contributed by atoms with E-state index in [0.29, 0.717) is 16.1 Å². The number of rotatable bonds is 4. The van der Waals surface area contributed by atoms with E-state index < -0.39 is 11.9 Å². The molecule has 0 amide bonds. The molecule has 6 heteroatoms. The monoisotopic (exact) mass is 336 g/mol. The SMILES string of the molecule is O=C(O)/C(=C\c1ccc(C(=O)O)cc1)c1cc(Cl)ccc1Cl. The highest BCUT2D eigenvalue weighted by molar-refractivity contribution is 6.37. The van der Waals surface area contributed by atoms with Crippen LogP contribution in [0.3, 0.4) is 0 Å². The first-order valence-corrected chi connectivity index (χ1v) is 6.88. The van der Waals surface area contributed by atoms with Crippen LogP contribution in [0.2, 0.25) is 10.0 Å². The highest BCUT2D eigenvalue weighted by atomic mass is 35.5. The van der Waals surface area contributed by atoms with Crippen LogP contribution in [0, 0.1) is 0 Å². The second-order valence-electron chi connectivity index (χ2n) is 4.41. The largest absolute Gasteiger partial charge is 0.478 e. The third-order valence-corrected chi connectivity index (χ3v) is 3.48. The second kappa shape index (κ2) is 6.64. The smallest absolute Gasteiger partial charge is 0.336 e. The first-order chi connectivity index (χ1) is 10.4. The minimum Gasteiger partial charge on any atom is -0.478 e. The van der Waals surface area contributed by atoms with Gasteiger partial charge in [-0.1, -0.05) is 35.3 Å². The third-order valence-electron chi connectivity index (χ3n) is 2.92. The number of carboxylic acid groups (broad SMARTS) is 2. The summed E-state index contributed by atoms with van der Waals surface area (Å²) in [6.07, 6.45) is 1.41. The van der Waals surface area contributed by atoms with Crippen molar-refractivity contribution in [1.29, 1.82) is 0 Å². The van der Waals surface area contributed by atoms with Gasteiger partial charge in [-0.3, -0.25) is 0 Å². The summed E-state index contributed by atoms with van der Waals surface area (Å²) in [5.41, 5.74) is 0.924. The topological polar surface area (TPSA) is 74.6 Å². The molecular formula is C16H10Cl2O4. The van der Waals surface area contributed by atoms with Crippen LogP contribution in [0.4, 0.5) is 0 Å². The molecule has 0 aliphatic carbocycles. The van der Waals surface area contributed by atoms with E-state index in [1.807, 2.05) is 0 Å². The fraction of sp³-hybridized carbons (Fsp3) is 0. The molecule has 0 aliphatic heterocycles. The number of benzene rings is 2. The molecule has 0 heterocycles. The third kappa shape index (κ3) is 3.67. The van der Waals surface area contributed by atoms with Gasteiger partial charge in [0.2, 0.25) is 0 Å². The molecule has 0 aliphatic rings. The van der Waals surface area contributed by atoms with Gasteiger partial charge < -0.3 is 10.2 Å². The minimum atomic E-state index is -1.16. The Bertz CT molecular complexity index is 764. The average molecular weight is 337 g/mol. The van der Waals surface area contributed by atoms with E-state index in [9.17, 15) is 14.7 Å². The second-order valence-corrected chi connectivity index (χ2v) is 5.26. The number of carbonyl (C=O) groups is 2. The van der Waals surface area contributed by atoms with E-state index in [1.165, 1.54) is 42.5 Å². The molecule has 2 aromatic carbocycles. The predicted molar refractivity (Wildman–Crippen MR) is 85.4 cm³/mol. The van der Waals surface area contributed by atoms with Crippen molar-refractivity contribution in [2.75, 3.05) is 0 Å². The highest BCUT2D eigenvalue weighted by Gasteiger charge is 2.14. The summed E-state index contributed by atoms with van der Waals surface area (Å²) in [7, 11) is 0. The number of aliphatic carboxylic acids is 1. The molecule has 0 saturated carbocycles. The standard InChI is InChI=1S/C16H10Cl2O4/c17-11-5-6-14(18)12(8-11)13(16(21)22)7-9-1-3-10(4-2-9)15(19)20/h1-8H,(H,19,20)(H,21,22)/b13-7-. The normalized spacial score (nSPS) is 11.3. The zero-order chi connectivity index (χ0) is 16.3. The van der Waals surface area contributed by atoms with E-state index in [-0.39, 0.29) is 16.2 Å². The highest BCUT2D eigenvalue weighted by Crippen LogP contribution is 2.29. The Morgan fingerprint density at radius 3 is 2.14 bits per heavy atom. The molecule has 4 nitrogen and oxygen atoms in total. The van der Waals surface area contributed by atoms with Crippen LogP contribution in [-0.4, -0.2) is 22.2 Å². The molecule has 0 aromatic heterocycles. The molecule has 0 fully saturated rings. The number of aromatic carboxylic acids is 1. The van der Waals surface area contributed by atoms with Crippen LogP contribution >= 0.6 is 23.2 Å². The van der Waals surface area contributed by atoms with Gasteiger partial charge in [-0.2, -0.15) is 0 Å². The summed E-state index contributed by atoms with van der Waals surface area (Å²) in [5.74, 6) is -2.21. The molecular weight excluding hydrogens is 327 g/mol. The quantitative estimate of drug-likeness (QED) is 0.644. The van der Waals surface area contributed by atoms with Gasteiger partial charge in [-0.05, 0) is 42.0 Å². The molecule has 0 spiro atoms. The van der Waals surface area contributed by atoms with Gasteiger partial charge in [-0.15, -0.1) is 0 Å². The van der Waals surface area contributed by atoms with E-state index in [1.54, 1.807) is 6.07 Å². The van der Waals surface area contributed by atoms with E-state index in [0.717, 1.165) is 0 Å². The first kappa shape index (κ1) is 16.1. The Kier molecular flexibility index (Phi) is 4.85. The molecule has 22 heavy (non-hydrogen) atoms. The lowest BCUT2D eigenvalue weighted by atomic mass is 10.0. The molecule has 2 rings (SSSR count). The van der Waals surface area contributed by atoms with Crippen molar-refractivity contribution < 1.29 is 19.8 Å². The van der Waals surface area contributed by atoms with Crippen molar-refractivity contribution in [3.63, 3.8) is 0 Å². The van der Waals surface area contributed by atoms with Gasteiger partial charge >= 0.3 is 11.9 Å². The number of hydrogen-bond acceptors (Lipinski definition) is 2. The summed E-state index contributed by atoms with van der Waals surface area (Å²) in [5, 5.41) is 18.9. The lowest BCUT2D eigenvalue weighted by molar-refractivity contribution is -0.130. The first-order valence-electron chi connectivity index (χ1n) is 6.12. The summed E-state index contributed by atoms with van der Waals surface area (Å²) < 4.78 is 0. The van der Waals surface area contributed by atoms with Gasteiger partial charge in [0.05, 0.1) is 11.1 Å². The molecule has 0 radical (unpaired) electrons. The van der Waals surface area contributed by atoms with Crippen molar-refractivity contribution >= 4 is 46.8 Å². The van der Waals surface area contributed by atoms with Crippen molar-refractivity contribution in [2.24, 2.45) is 0 Å². The fourth-order valence-corrected chi connectivity index (χ4v) is 2.24. The van der Waals surface area contributed by atoms with Crippen molar-refractivity contribution in [1.82, 2.24) is 0 Å². The molecule has 0 unspecified atom stereocenters. The summed E-state index contributed by atoms with van der Waals surface area (Å²) in [4.78, 5) is 22.3. The Balaban J connectivity index is 2.49. The van der Waals surface area contributed by atoms with Crippen LogP contribution in [0.5, 0.6) is 0 Å². The maximum absolute atomic E-state index is 11.5. The minimum absolute atomic E-state index is 0.0319. The number of hydrogen-bond donors (Lipinski definition) is 2. The van der Waals surface area contributed by atoms with Crippen molar-refractivity contribution in [3.05, 3.63) is 69.2 Å². The Hall–Kier alpha value is -2.30. The fourth-order valence-electron chi connectivity index (χ4n) is 1.85. The van der Waals surface area contributed by atoms with Crippen LogP contribution in [0.15, 0.2) is 42.5 Å². The summed E-state index contributed by atoms with van der Waals surface area (Å²) in [6.45, 7) is 0. The van der Waals surface area contributed by atoms with Gasteiger partial charge in [-0.25, -0.2) is 9.59 Å². The van der Waals surface area contributed by atoms with E-state index in [4.69, 9.17) is 28.3 Å². The predicted octanol–water partition coefficient (Wildman–Crippen LogP) is 4.32. The van der Waals surface area contributed by atoms with Gasteiger partial charge in [0.25, 0.3) is 0 Å². The van der Waals surface area contributed by atoms with Crippen LogP contribution in [0.25, 0.3) is 11.6 Å². The lowest BCUT2D eigenvalue weighted by Crippen LogP contribution is -2.01. The molecule has 0 saturated heterocycles. The molecule has 112 valence electrons. The number of halogens is 2. The Morgan fingerprint density at radius 2 is 1.59 bits per heavy atom. The average Bonchev–Trinajstić information content (AvgIpc) is 2.47. The van der Waals surface area contributed by atoms with E-state index >= 15 is 0 Å². The van der Waals surface area contributed by atoms with Crippen molar-refractivity contribution in [3.8, 4) is 0 Å². The van der Waals surface area contributed by atoms with Crippen LogP contribution in [0.1, 0.15) is 21.5 Å². The maximum atomic E-state index is 11.5. The molecule has 2 aromatic rings. The zero-order valence-electron chi connectivity index (χ0n) is 11.1. The van der Waals surface area contributed by atoms with Gasteiger partial charge in [0.1, 0.15) is 0 Å². The van der Waals surface area contributed by atoms with E-state index in [2.05, 4.69) is 0 Å². The summed E-state index contributed by atoms with van der Waals surface area (Å²) in [6, 6.07) is 10.4. The van der Waals surface area contributed by atoms with Crippen LogP contribution < -0.4 is 0 Å². The summed E-state index contributed by atoms with van der Waals surface area (Å²) >= 11 is 11.9. The molecule has 0 atom stereocenters. The number of carboxylic acids is 2. The lowest BCUT2D eigenvalue weighted by Gasteiger charge is -2.07. The van der Waals surface area contributed by atoms with Gasteiger partial charge in [0.15, 0.2) is 0 Å². The molecule has 0 bridgehead atoms. The van der Waals surface area contributed by atoms with Gasteiger partial charge in [0, 0.05) is 15.6 Å².